The van der Waals surface area contributed by atoms with Crippen LogP contribution in [0.3, 0.4) is 0 Å². The summed E-state index contributed by atoms with van der Waals surface area (Å²) in [6, 6.07) is 4.36. The quantitative estimate of drug-likeness (QED) is 0.866. The van der Waals surface area contributed by atoms with Crippen LogP contribution in [-0.4, -0.2) is 38.9 Å². The number of hydrogen-bond acceptors (Lipinski definition) is 4. The van der Waals surface area contributed by atoms with E-state index in [9.17, 15) is 4.79 Å². The second kappa shape index (κ2) is 4.41. The number of amides is 1. The molecule has 1 unspecified atom stereocenters. The fourth-order valence-electron chi connectivity index (χ4n) is 3.07. The van der Waals surface area contributed by atoms with E-state index >= 15 is 0 Å². The maximum atomic E-state index is 12.8. The fraction of sp³-hybridized carbons (Fsp3) is 0.500. The number of carbonyl (C=O) groups excluding carboxylic acids is 1. The molecule has 3 heterocycles. The summed E-state index contributed by atoms with van der Waals surface area (Å²) < 4.78 is 0. The standard InChI is InChI=1S/C14H16N4OS/c19-13(14(4-5-14)12-2-1-9-20-12)17-8-3-11(10-17)18-15-6-7-16-18/h1-2,6-7,9,11H,3-5,8,10H2. The van der Waals surface area contributed by atoms with E-state index in [4.69, 9.17) is 0 Å². The largest absolute Gasteiger partial charge is 0.340 e. The predicted molar refractivity (Wildman–Crippen MR) is 75.5 cm³/mol. The average molecular weight is 288 g/mol. The highest BCUT2D eigenvalue weighted by atomic mass is 32.1. The van der Waals surface area contributed by atoms with Crippen LogP contribution < -0.4 is 0 Å². The Hall–Kier alpha value is -1.69. The van der Waals surface area contributed by atoms with E-state index in [0.717, 1.165) is 32.4 Å². The van der Waals surface area contributed by atoms with E-state index in [1.54, 1.807) is 28.5 Å². The van der Waals surface area contributed by atoms with Gasteiger partial charge in [0.05, 0.1) is 23.9 Å². The lowest BCUT2D eigenvalue weighted by Gasteiger charge is -2.22. The zero-order valence-corrected chi connectivity index (χ0v) is 11.9. The van der Waals surface area contributed by atoms with E-state index < -0.39 is 0 Å². The predicted octanol–water partition coefficient (Wildman–Crippen LogP) is 1.84. The molecule has 1 saturated heterocycles. The molecule has 1 aliphatic carbocycles. The lowest BCUT2D eigenvalue weighted by atomic mass is 10.0. The highest BCUT2D eigenvalue weighted by Gasteiger charge is 2.54. The summed E-state index contributed by atoms with van der Waals surface area (Å²) in [6.07, 6.45) is 6.32. The van der Waals surface area contributed by atoms with Crippen LogP contribution in [0, 0.1) is 0 Å². The summed E-state index contributed by atoms with van der Waals surface area (Å²) in [5.74, 6) is 0.301. The smallest absolute Gasteiger partial charge is 0.234 e. The lowest BCUT2D eigenvalue weighted by molar-refractivity contribution is -0.132. The van der Waals surface area contributed by atoms with Crippen molar-refractivity contribution in [2.24, 2.45) is 0 Å². The molecule has 2 fully saturated rings. The van der Waals surface area contributed by atoms with Crippen molar-refractivity contribution in [2.45, 2.75) is 30.7 Å². The van der Waals surface area contributed by atoms with Gasteiger partial charge >= 0.3 is 0 Å². The molecule has 5 nitrogen and oxygen atoms in total. The van der Waals surface area contributed by atoms with Gasteiger partial charge in [0.15, 0.2) is 0 Å². The van der Waals surface area contributed by atoms with Gasteiger partial charge in [-0.3, -0.25) is 4.79 Å². The molecular weight excluding hydrogens is 272 g/mol. The summed E-state index contributed by atoms with van der Waals surface area (Å²) in [5.41, 5.74) is -0.208. The topological polar surface area (TPSA) is 51.0 Å². The Labute approximate surface area is 121 Å². The molecule has 0 bridgehead atoms. The molecule has 1 saturated carbocycles. The molecule has 0 radical (unpaired) electrons. The van der Waals surface area contributed by atoms with Crippen LogP contribution in [0.25, 0.3) is 0 Å². The number of hydrogen-bond donors (Lipinski definition) is 0. The normalized spacial score (nSPS) is 24.0. The van der Waals surface area contributed by atoms with E-state index in [2.05, 4.69) is 21.6 Å². The van der Waals surface area contributed by atoms with Crippen LogP contribution in [-0.2, 0) is 10.2 Å². The molecule has 2 aromatic rings. The van der Waals surface area contributed by atoms with Crippen molar-refractivity contribution in [3.63, 3.8) is 0 Å². The Morgan fingerprint density at radius 3 is 2.80 bits per heavy atom. The highest BCUT2D eigenvalue weighted by molar-refractivity contribution is 7.10. The lowest BCUT2D eigenvalue weighted by Crippen LogP contribution is -2.37. The molecule has 20 heavy (non-hydrogen) atoms. The Balaban J connectivity index is 1.51. The minimum atomic E-state index is -0.208. The van der Waals surface area contributed by atoms with Gasteiger partial charge in [0, 0.05) is 18.0 Å². The zero-order chi connectivity index (χ0) is 13.6. The Bertz CT molecular complexity index is 603. The number of nitrogens with zero attached hydrogens (tertiary/aromatic N) is 4. The molecule has 4 rings (SSSR count). The minimum Gasteiger partial charge on any atom is -0.340 e. The third-order valence-corrected chi connectivity index (χ3v) is 5.44. The van der Waals surface area contributed by atoms with Crippen LogP contribution >= 0.6 is 11.3 Å². The number of rotatable bonds is 3. The third kappa shape index (κ3) is 1.78. The first-order valence-corrected chi connectivity index (χ1v) is 7.87. The molecule has 6 heteroatoms. The van der Waals surface area contributed by atoms with E-state index in [0.29, 0.717) is 5.91 Å². The Morgan fingerprint density at radius 2 is 2.15 bits per heavy atom. The molecule has 1 amide bonds. The van der Waals surface area contributed by atoms with Crippen LogP contribution in [0.15, 0.2) is 29.9 Å². The first-order valence-electron chi connectivity index (χ1n) is 6.99. The summed E-state index contributed by atoms with van der Waals surface area (Å²) in [6.45, 7) is 1.55. The third-order valence-electron chi connectivity index (χ3n) is 4.37. The van der Waals surface area contributed by atoms with Crippen LogP contribution in [0.2, 0.25) is 0 Å². The molecule has 0 spiro atoms. The van der Waals surface area contributed by atoms with E-state index in [-0.39, 0.29) is 11.5 Å². The van der Waals surface area contributed by atoms with Gasteiger partial charge < -0.3 is 4.90 Å². The van der Waals surface area contributed by atoms with Gasteiger partial charge in [-0.25, -0.2) is 0 Å². The van der Waals surface area contributed by atoms with E-state index in [1.165, 1.54) is 4.88 Å². The van der Waals surface area contributed by atoms with Gasteiger partial charge in [-0.2, -0.15) is 15.0 Å². The van der Waals surface area contributed by atoms with Crippen molar-refractivity contribution in [1.82, 2.24) is 19.9 Å². The van der Waals surface area contributed by atoms with Crippen molar-refractivity contribution in [3.8, 4) is 0 Å². The number of aromatic nitrogens is 3. The monoisotopic (exact) mass is 288 g/mol. The van der Waals surface area contributed by atoms with Gasteiger partial charge in [-0.05, 0) is 30.7 Å². The summed E-state index contributed by atoms with van der Waals surface area (Å²) in [4.78, 5) is 17.8. The molecule has 2 aliphatic rings. The molecule has 1 aliphatic heterocycles. The minimum absolute atomic E-state index is 0.208. The zero-order valence-electron chi connectivity index (χ0n) is 11.1. The second-order valence-corrected chi connectivity index (χ2v) is 6.55. The molecule has 0 N–H and O–H groups in total. The van der Waals surface area contributed by atoms with Gasteiger partial charge in [0.2, 0.25) is 5.91 Å². The Kier molecular flexibility index (Phi) is 2.66. The second-order valence-electron chi connectivity index (χ2n) is 5.60. The molecular formula is C14H16N4OS. The molecule has 2 aromatic heterocycles. The van der Waals surface area contributed by atoms with Gasteiger partial charge in [0.25, 0.3) is 0 Å². The number of carbonyl (C=O) groups is 1. The van der Waals surface area contributed by atoms with Gasteiger partial charge in [-0.1, -0.05) is 6.07 Å². The van der Waals surface area contributed by atoms with E-state index in [1.807, 2.05) is 11.0 Å². The van der Waals surface area contributed by atoms with Crippen LogP contribution in [0.5, 0.6) is 0 Å². The molecule has 0 aromatic carbocycles. The number of thiophene rings is 1. The molecule has 1 atom stereocenters. The Morgan fingerprint density at radius 1 is 1.35 bits per heavy atom. The van der Waals surface area contributed by atoms with Gasteiger partial charge in [0.1, 0.15) is 0 Å². The van der Waals surface area contributed by atoms with Crippen molar-refractivity contribution in [3.05, 3.63) is 34.8 Å². The van der Waals surface area contributed by atoms with Crippen molar-refractivity contribution in [2.75, 3.05) is 13.1 Å². The van der Waals surface area contributed by atoms with Crippen LogP contribution in [0.4, 0.5) is 0 Å². The average Bonchev–Trinajstić information content (AvgIpc) is 2.98. The maximum absolute atomic E-state index is 12.8. The van der Waals surface area contributed by atoms with Crippen molar-refractivity contribution >= 4 is 17.2 Å². The summed E-state index contributed by atoms with van der Waals surface area (Å²) >= 11 is 1.70. The van der Waals surface area contributed by atoms with Crippen LogP contribution in [0.1, 0.15) is 30.2 Å². The first kappa shape index (κ1) is 12.1. The summed E-state index contributed by atoms with van der Waals surface area (Å²) in [5, 5.41) is 10.4. The fourth-order valence-corrected chi connectivity index (χ4v) is 4.05. The highest BCUT2D eigenvalue weighted by Crippen LogP contribution is 2.51. The SMILES string of the molecule is O=C(N1CCC(n2nccn2)C1)C1(c2cccs2)CC1. The molecule has 104 valence electrons. The maximum Gasteiger partial charge on any atom is 0.234 e. The van der Waals surface area contributed by atoms with Crippen molar-refractivity contribution in [1.29, 1.82) is 0 Å². The number of likely N-dealkylation sites (tertiary alicyclic amines) is 1. The van der Waals surface area contributed by atoms with Gasteiger partial charge in [-0.15, -0.1) is 11.3 Å². The summed E-state index contributed by atoms with van der Waals surface area (Å²) in [7, 11) is 0. The van der Waals surface area contributed by atoms with Crippen molar-refractivity contribution < 1.29 is 4.79 Å². The first-order chi connectivity index (χ1) is 9.79.